The molecule has 0 atom stereocenters. The van der Waals surface area contributed by atoms with Crippen LogP contribution in [0.1, 0.15) is 16.1 Å². The van der Waals surface area contributed by atoms with E-state index in [4.69, 9.17) is 16.1 Å². The molecule has 1 aromatic heterocycles. The minimum absolute atomic E-state index is 0.0503. The van der Waals surface area contributed by atoms with Crippen molar-refractivity contribution in [3.63, 3.8) is 0 Å². The maximum atomic E-state index is 10.8. The van der Waals surface area contributed by atoms with Crippen LogP contribution in [0.15, 0.2) is 28.9 Å². The second-order valence-electron chi connectivity index (χ2n) is 3.46. The van der Waals surface area contributed by atoms with Gasteiger partial charge in [0, 0.05) is 4.47 Å². The van der Waals surface area contributed by atoms with Crippen LogP contribution in [0.2, 0.25) is 0 Å². The van der Waals surface area contributed by atoms with E-state index in [0.29, 0.717) is 11.3 Å². The van der Waals surface area contributed by atoms with E-state index in [0.717, 1.165) is 4.47 Å². The fraction of sp³-hybridized carbons (Fsp3) is 0. The predicted octanol–water partition coefficient (Wildman–Crippen LogP) is 1.79. The Balaban J connectivity index is 2.60. The summed E-state index contributed by atoms with van der Waals surface area (Å²) in [5, 5.41) is 21.7. The van der Waals surface area contributed by atoms with Crippen LogP contribution in [0.5, 0.6) is 0 Å². The molecule has 0 fully saturated rings. The van der Waals surface area contributed by atoms with E-state index in [-0.39, 0.29) is 11.4 Å². The molecule has 0 aliphatic rings. The summed E-state index contributed by atoms with van der Waals surface area (Å²) in [7, 11) is 0. The Morgan fingerprint density at radius 1 is 1.56 bits per heavy atom. The summed E-state index contributed by atoms with van der Waals surface area (Å²) >= 11 is 3.25. The summed E-state index contributed by atoms with van der Waals surface area (Å²) in [6, 6.07) is 7.02. The minimum Gasteiger partial charge on any atom is -0.476 e. The number of hydrogen-bond donors (Lipinski definition) is 2. The zero-order valence-corrected chi connectivity index (χ0v) is 10.5. The van der Waals surface area contributed by atoms with E-state index in [1.165, 1.54) is 10.9 Å². The van der Waals surface area contributed by atoms with Crippen molar-refractivity contribution >= 4 is 27.6 Å². The van der Waals surface area contributed by atoms with Crippen molar-refractivity contribution in [1.29, 1.82) is 5.26 Å². The summed E-state index contributed by atoms with van der Waals surface area (Å²) < 4.78 is 2.03. The monoisotopic (exact) mass is 306 g/mol. The number of rotatable bonds is 2. The Labute approximate surface area is 110 Å². The van der Waals surface area contributed by atoms with Gasteiger partial charge in [-0.1, -0.05) is 15.9 Å². The number of halogens is 1. The van der Waals surface area contributed by atoms with Gasteiger partial charge in [-0.3, -0.25) is 0 Å². The van der Waals surface area contributed by atoms with Gasteiger partial charge in [0.1, 0.15) is 6.07 Å². The highest BCUT2D eigenvalue weighted by Crippen LogP contribution is 2.21. The Bertz CT molecular complexity index is 672. The molecular weight excluding hydrogens is 300 g/mol. The van der Waals surface area contributed by atoms with Gasteiger partial charge in [0.25, 0.3) is 0 Å². The fourth-order valence-electron chi connectivity index (χ4n) is 1.47. The summed E-state index contributed by atoms with van der Waals surface area (Å²) in [6.07, 6.45) is 1.37. The van der Waals surface area contributed by atoms with E-state index in [1.807, 2.05) is 6.07 Å². The molecule has 0 spiro atoms. The number of anilines is 1. The first-order chi connectivity index (χ1) is 8.52. The standard InChI is InChI=1S/C11H7BrN4O2/c12-7-1-2-9(6(3-7)4-13)16-5-8(14)10(15-16)11(17)18/h1-3,5H,14H2,(H,17,18). The van der Waals surface area contributed by atoms with Gasteiger partial charge in [-0.15, -0.1) is 0 Å². The molecule has 18 heavy (non-hydrogen) atoms. The van der Waals surface area contributed by atoms with E-state index in [1.54, 1.807) is 18.2 Å². The first-order valence-electron chi connectivity index (χ1n) is 4.81. The van der Waals surface area contributed by atoms with Crippen LogP contribution >= 0.6 is 15.9 Å². The van der Waals surface area contributed by atoms with Gasteiger partial charge in [0.15, 0.2) is 5.69 Å². The van der Waals surface area contributed by atoms with Gasteiger partial charge >= 0.3 is 5.97 Å². The maximum Gasteiger partial charge on any atom is 0.358 e. The van der Waals surface area contributed by atoms with Crippen molar-refractivity contribution in [2.45, 2.75) is 0 Å². The lowest BCUT2D eigenvalue weighted by Crippen LogP contribution is -2.03. The fourth-order valence-corrected chi connectivity index (χ4v) is 1.84. The zero-order chi connectivity index (χ0) is 13.3. The van der Waals surface area contributed by atoms with Crippen LogP contribution in [0.4, 0.5) is 5.69 Å². The smallest absolute Gasteiger partial charge is 0.358 e. The third kappa shape index (κ3) is 2.06. The summed E-state index contributed by atoms with van der Waals surface area (Å²) in [5.74, 6) is -1.21. The normalized spacial score (nSPS) is 10.0. The van der Waals surface area contributed by atoms with E-state index in [9.17, 15) is 4.79 Å². The Morgan fingerprint density at radius 3 is 2.83 bits per heavy atom. The van der Waals surface area contributed by atoms with E-state index in [2.05, 4.69) is 21.0 Å². The van der Waals surface area contributed by atoms with Crippen molar-refractivity contribution in [1.82, 2.24) is 9.78 Å². The van der Waals surface area contributed by atoms with Gasteiger partial charge in [0.2, 0.25) is 0 Å². The first-order valence-corrected chi connectivity index (χ1v) is 5.60. The molecule has 0 radical (unpaired) electrons. The molecule has 0 unspecified atom stereocenters. The Hall–Kier alpha value is -2.33. The predicted molar refractivity (Wildman–Crippen MR) is 67.4 cm³/mol. The third-order valence-electron chi connectivity index (χ3n) is 2.27. The number of carboxylic acids is 1. The van der Waals surface area contributed by atoms with Crippen LogP contribution in [0.25, 0.3) is 5.69 Å². The molecule has 0 saturated carbocycles. The van der Waals surface area contributed by atoms with Crippen molar-refractivity contribution in [3.05, 3.63) is 40.1 Å². The second-order valence-corrected chi connectivity index (χ2v) is 4.37. The quantitative estimate of drug-likeness (QED) is 0.880. The summed E-state index contributed by atoms with van der Waals surface area (Å²) in [4.78, 5) is 10.8. The molecule has 0 bridgehead atoms. The van der Waals surface area contributed by atoms with Gasteiger partial charge in [-0.25, -0.2) is 9.48 Å². The Morgan fingerprint density at radius 2 is 2.28 bits per heavy atom. The molecule has 6 nitrogen and oxygen atoms in total. The largest absolute Gasteiger partial charge is 0.476 e. The van der Waals surface area contributed by atoms with Crippen LogP contribution < -0.4 is 5.73 Å². The van der Waals surface area contributed by atoms with Gasteiger partial charge in [0.05, 0.1) is 23.1 Å². The highest BCUT2D eigenvalue weighted by atomic mass is 79.9. The topological polar surface area (TPSA) is 105 Å². The Kier molecular flexibility index (Phi) is 3.04. The number of nitrogens with two attached hydrogens (primary N) is 1. The third-order valence-corrected chi connectivity index (χ3v) is 2.76. The minimum atomic E-state index is -1.21. The molecule has 2 rings (SSSR count). The van der Waals surface area contributed by atoms with E-state index < -0.39 is 5.97 Å². The number of nitrogens with zero attached hydrogens (tertiary/aromatic N) is 3. The van der Waals surface area contributed by atoms with Crippen molar-refractivity contribution in [3.8, 4) is 11.8 Å². The number of nitrogen functional groups attached to an aromatic ring is 1. The van der Waals surface area contributed by atoms with Gasteiger partial charge in [-0.05, 0) is 18.2 Å². The number of nitriles is 1. The molecule has 1 heterocycles. The maximum absolute atomic E-state index is 10.8. The molecule has 0 aliphatic heterocycles. The number of carboxylic acid groups (broad SMARTS) is 1. The molecule has 0 saturated heterocycles. The van der Waals surface area contributed by atoms with Gasteiger partial charge in [-0.2, -0.15) is 10.4 Å². The molecule has 0 aliphatic carbocycles. The molecule has 3 N–H and O–H groups in total. The van der Waals surface area contributed by atoms with Crippen molar-refractivity contribution in [2.75, 3.05) is 5.73 Å². The molecule has 2 aromatic rings. The molecular formula is C11H7BrN4O2. The van der Waals surface area contributed by atoms with Gasteiger partial charge < -0.3 is 10.8 Å². The highest BCUT2D eigenvalue weighted by Gasteiger charge is 2.15. The van der Waals surface area contributed by atoms with Crippen LogP contribution in [0, 0.1) is 11.3 Å². The number of hydrogen-bond acceptors (Lipinski definition) is 4. The van der Waals surface area contributed by atoms with Crippen LogP contribution in [-0.2, 0) is 0 Å². The molecule has 1 aromatic carbocycles. The van der Waals surface area contributed by atoms with Crippen LogP contribution in [0.3, 0.4) is 0 Å². The average Bonchev–Trinajstić information content (AvgIpc) is 2.71. The summed E-state index contributed by atoms with van der Waals surface area (Å²) in [5.41, 5.74) is 6.20. The molecule has 90 valence electrons. The number of carbonyl (C=O) groups is 1. The molecule has 0 amide bonds. The number of aromatic carboxylic acids is 1. The zero-order valence-electron chi connectivity index (χ0n) is 8.96. The lowest BCUT2D eigenvalue weighted by Gasteiger charge is -2.03. The van der Waals surface area contributed by atoms with Crippen LogP contribution in [-0.4, -0.2) is 20.9 Å². The highest BCUT2D eigenvalue weighted by molar-refractivity contribution is 9.10. The first kappa shape index (κ1) is 12.1. The SMILES string of the molecule is N#Cc1cc(Br)ccc1-n1cc(N)c(C(=O)O)n1. The average molecular weight is 307 g/mol. The lowest BCUT2D eigenvalue weighted by atomic mass is 10.2. The number of benzene rings is 1. The van der Waals surface area contributed by atoms with E-state index >= 15 is 0 Å². The second kappa shape index (κ2) is 4.50. The summed E-state index contributed by atoms with van der Waals surface area (Å²) in [6.45, 7) is 0. The number of aromatic nitrogens is 2. The molecule has 7 heteroatoms. The lowest BCUT2D eigenvalue weighted by molar-refractivity contribution is 0.0691. The van der Waals surface area contributed by atoms with Crippen molar-refractivity contribution in [2.24, 2.45) is 0 Å². The van der Waals surface area contributed by atoms with Crippen molar-refractivity contribution < 1.29 is 9.90 Å².